The number of benzene rings is 4. The van der Waals surface area contributed by atoms with Crippen molar-refractivity contribution >= 4 is 66.9 Å². The quantitative estimate of drug-likeness (QED) is 0.0395. The number of hydrogen-bond donors (Lipinski definition) is 0. The monoisotopic (exact) mass is 723 g/mol. The Hall–Kier alpha value is -4.32. The lowest BCUT2D eigenvalue weighted by atomic mass is 10.00. The molecule has 284 valence electrons. The van der Waals surface area contributed by atoms with Crippen LogP contribution in [0.3, 0.4) is 0 Å². The second-order valence-corrected chi connectivity index (χ2v) is 15.7. The second-order valence-electron chi connectivity index (χ2n) is 15.7. The Bertz CT molecular complexity index is 1960. The Labute approximate surface area is 323 Å². The molecule has 0 N–H and O–H groups in total. The molecule has 0 fully saturated rings. The van der Waals surface area contributed by atoms with Gasteiger partial charge in [0.05, 0.1) is 22.4 Å². The van der Waals surface area contributed by atoms with Gasteiger partial charge in [-0.05, 0) is 35.7 Å². The highest BCUT2D eigenvalue weighted by molar-refractivity contribution is 6.23. The SMILES string of the molecule is CCCCCCCCCCCCN1c2ccccc2N(CCCCCCCCCCCC)c2nc3nc4c5ccccc5c5ccccc5c4nc3nc21. The van der Waals surface area contributed by atoms with Crippen LogP contribution in [0.15, 0.2) is 72.8 Å². The van der Waals surface area contributed by atoms with Gasteiger partial charge < -0.3 is 9.80 Å². The van der Waals surface area contributed by atoms with E-state index in [1.807, 2.05) is 0 Å². The molecule has 54 heavy (non-hydrogen) atoms. The molecule has 0 atom stereocenters. The summed E-state index contributed by atoms with van der Waals surface area (Å²) in [5.41, 5.74) is 5.48. The van der Waals surface area contributed by atoms with Gasteiger partial charge in [0.25, 0.3) is 0 Å². The lowest BCUT2D eigenvalue weighted by molar-refractivity contribution is 0.555. The van der Waals surface area contributed by atoms with Gasteiger partial charge in [-0.2, -0.15) is 0 Å². The molecular formula is C48H62N6. The van der Waals surface area contributed by atoms with Crippen LogP contribution in [0, 0.1) is 0 Å². The minimum absolute atomic E-state index is 0.619. The number of unbranched alkanes of at least 4 members (excludes halogenated alkanes) is 18. The smallest absolute Gasteiger partial charge is 0.200 e. The molecule has 0 amide bonds. The predicted octanol–water partition coefficient (Wildman–Crippen LogP) is 14.3. The van der Waals surface area contributed by atoms with Crippen molar-refractivity contribution in [2.75, 3.05) is 22.9 Å². The van der Waals surface area contributed by atoms with Gasteiger partial charge in [-0.25, -0.2) is 19.9 Å². The van der Waals surface area contributed by atoms with Crippen molar-refractivity contribution in [1.82, 2.24) is 19.9 Å². The van der Waals surface area contributed by atoms with Crippen LogP contribution >= 0.6 is 0 Å². The predicted molar refractivity (Wildman–Crippen MR) is 232 cm³/mol. The second kappa shape index (κ2) is 19.3. The third-order valence-corrected chi connectivity index (χ3v) is 11.6. The van der Waals surface area contributed by atoms with E-state index in [2.05, 4.69) is 96.4 Å². The summed E-state index contributed by atoms with van der Waals surface area (Å²) >= 11 is 0. The molecule has 2 aromatic heterocycles. The van der Waals surface area contributed by atoms with Gasteiger partial charge in [0, 0.05) is 23.9 Å². The maximum Gasteiger partial charge on any atom is 0.200 e. The minimum Gasteiger partial charge on any atom is -0.321 e. The van der Waals surface area contributed by atoms with Crippen molar-refractivity contribution in [3.63, 3.8) is 0 Å². The van der Waals surface area contributed by atoms with Crippen molar-refractivity contribution in [3.05, 3.63) is 72.8 Å². The highest BCUT2D eigenvalue weighted by Crippen LogP contribution is 2.47. The van der Waals surface area contributed by atoms with Gasteiger partial charge >= 0.3 is 0 Å². The number of para-hydroxylation sites is 2. The average Bonchev–Trinajstić information content (AvgIpc) is 3.21. The van der Waals surface area contributed by atoms with Crippen LogP contribution in [0.5, 0.6) is 0 Å². The lowest BCUT2D eigenvalue weighted by Gasteiger charge is -2.38. The van der Waals surface area contributed by atoms with Gasteiger partial charge in [-0.15, -0.1) is 0 Å². The first-order valence-corrected chi connectivity index (χ1v) is 21.7. The molecule has 1 aliphatic rings. The lowest BCUT2D eigenvalue weighted by Crippen LogP contribution is -2.32. The van der Waals surface area contributed by atoms with Gasteiger partial charge in [0.1, 0.15) is 0 Å². The van der Waals surface area contributed by atoms with Gasteiger partial charge in [-0.3, -0.25) is 0 Å². The van der Waals surface area contributed by atoms with Gasteiger partial charge in [-0.1, -0.05) is 190 Å². The van der Waals surface area contributed by atoms with Crippen LogP contribution < -0.4 is 9.80 Å². The van der Waals surface area contributed by atoms with Crippen molar-refractivity contribution in [2.24, 2.45) is 0 Å². The number of anilines is 4. The van der Waals surface area contributed by atoms with E-state index in [1.165, 1.54) is 138 Å². The molecule has 0 unspecified atom stereocenters. The van der Waals surface area contributed by atoms with E-state index >= 15 is 0 Å². The molecule has 6 aromatic rings. The fourth-order valence-corrected chi connectivity index (χ4v) is 8.57. The summed E-state index contributed by atoms with van der Waals surface area (Å²) in [4.78, 5) is 26.2. The summed E-state index contributed by atoms with van der Waals surface area (Å²) in [5.74, 6) is 1.84. The molecule has 0 saturated carbocycles. The van der Waals surface area contributed by atoms with E-state index in [4.69, 9.17) is 19.9 Å². The molecule has 6 heteroatoms. The van der Waals surface area contributed by atoms with Gasteiger partial charge in [0.15, 0.2) is 11.6 Å². The maximum absolute atomic E-state index is 5.39. The first-order chi connectivity index (χ1) is 26.8. The fourth-order valence-electron chi connectivity index (χ4n) is 8.57. The molecule has 0 bridgehead atoms. The van der Waals surface area contributed by atoms with Crippen LogP contribution in [0.25, 0.3) is 43.9 Å². The highest BCUT2D eigenvalue weighted by atomic mass is 15.3. The van der Waals surface area contributed by atoms with E-state index in [0.29, 0.717) is 11.3 Å². The van der Waals surface area contributed by atoms with Crippen LogP contribution in [0.4, 0.5) is 23.0 Å². The van der Waals surface area contributed by atoms with Crippen molar-refractivity contribution in [3.8, 4) is 0 Å². The first-order valence-electron chi connectivity index (χ1n) is 21.7. The Morgan fingerprint density at radius 2 is 0.667 bits per heavy atom. The average molecular weight is 723 g/mol. The number of aromatic nitrogens is 4. The molecule has 0 spiro atoms. The Balaban J connectivity index is 1.17. The molecule has 0 aliphatic carbocycles. The number of fused-ring (bicyclic) bond motifs is 9. The van der Waals surface area contributed by atoms with Crippen molar-refractivity contribution < 1.29 is 0 Å². The number of rotatable bonds is 22. The first kappa shape index (κ1) is 38.0. The molecule has 7 rings (SSSR count). The molecule has 0 radical (unpaired) electrons. The highest BCUT2D eigenvalue weighted by Gasteiger charge is 2.31. The summed E-state index contributed by atoms with van der Waals surface area (Å²) in [6.45, 7) is 6.42. The van der Waals surface area contributed by atoms with Crippen LogP contribution in [0.2, 0.25) is 0 Å². The molecule has 6 nitrogen and oxygen atoms in total. The molecule has 0 saturated heterocycles. The molecule has 4 aromatic carbocycles. The molecule has 1 aliphatic heterocycles. The zero-order valence-electron chi connectivity index (χ0n) is 33.2. The topological polar surface area (TPSA) is 58.0 Å². The van der Waals surface area contributed by atoms with Crippen LogP contribution in [-0.2, 0) is 0 Å². The van der Waals surface area contributed by atoms with Crippen LogP contribution in [-0.4, -0.2) is 33.0 Å². The standard InChI is InChI=1S/C48H62N6/c1-3-5-7-9-11-13-15-17-19-27-35-53-41-33-25-26-34-42(41)54(36-28-20-18-16-14-12-10-8-6-4-2)48-47(53)51-45-46(52-48)50-44-40-32-24-22-30-38(40)37-29-21-23-31-39(37)43(44)49-45/h21-26,29-34H,3-20,27-28,35-36H2,1-2H3. The largest absolute Gasteiger partial charge is 0.321 e. The van der Waals surface area contributed by atoms with E-state index in [1.54, 1.807) is 0 Å². The summed E-state index contributed by atoms with van der Waals surface area (Å²) in [6, 6.07) is 26.0. The molecule has 3 heterocycles. The summed E-state index contributed by atoms with van der Waals surface area (Å²) in [6.07, 6.45) is 26.4. The minimum atomic E-state index is 0.619. The number of hydrogen-bond acceptors (Lipinski definition) is 6. The fraction of sp³-hybridized carbons (Fsp3) is 0.500. The van der Waals surface area contributed by atoms with Crippen molar-refractivity contribution in [1.29, 1.82) is 0 Å². The third kappa shape index (κ3) is 8.80. The third-order valence-electron chi connectivity index (χ3n) is 11.6. The van der Waals surface area contributed by atoms with E-state index in [-0.39, 0.29) is 0 Å². The maximum atomic E-state index is 5.39. The normalized spacial score (nSPS) is 12.7. The number of nitrogens with zero attached hydrogens (tertiary/aromatic N) is 6. The zero-order chi connectivity index (χ0) is 37.0. The summed E-state index contributed by atoms with van der Waals surface area (Å²) in [7, 11) is 0. The Kier molecular flexibility index (Phi) is 13.6. The van der Waals surface area contributed by atoms with E-state index < -0.39 is 0 Å². The van der Waals surface area contributed by atoms with Gasteiger partial charge in [0.2, 0.25) is 11.3 Å². The Morgan fingerprint density at radius 1 is 0.352 bits per heavy atom. The van der Waals surface area contributed by atoms with Crippen molar-refractivity contribution in [2.45, 2.75) is 142 Å². The molecular weight excluding hydrogens is 661 g/mol. The van der Waals surface area contributed by atoms with E-state index in [9.17, 15) is 0 Å². The summed E-state index contributed by atoms with van der Waals surface area (Å²) in [5, 5.41) is 4.60. The Morgan fingerprint density at radius 3 is 1.04 bits per heavy atom. The summed E-state index contributed by atoms with van der Waals surface area (Å²) < 4.78 is 0. The van der Waals surface area contributed by atoms with E-state index in [0.717, 1.165) is 59.4 Å². The van der Waals surface area contributed by atoms with Crippen LogP contribution in [0.1, 0.15) is 142 Å². The zero-order valence-corrected chi connectivity index (χ0v) is 33.2.